The quantitative estimate of drug-likeness (QED) is 0.665. The van der Waals surface area contributed by atoms with Crippen LogP contribution in [0, 0.1) is 0 Å². The number of hydrogen-bond donors (Lipinski definition) is 1. The summed E-state index contributed by atoms with van der Waals surface area (Å²) >= 11 is 0. The summed E-state index contributed by atoms with van der Waals surface area (Å²) in [4.78, 5) is 35.5. The molecule has 29 heavy (non-hydrogen) atoms. The Hall–Kier alpha value is -2.98. The van der Waals surface area contributed by atoms with E-state index < -0.39 is 28.5 Å². The van der Waals surface area contributed by atoms with Gasteiger partial charge in [-0.25, -0.2) is 8.42 Å². The van der Waals surface area contributed by atoms with Crippen LogP contribution in [-0.2, 0) is 30.9 Å². The van der Waals surface area contributed by atoms with Crippen molar-refractivity contribution in [1.29, 1.82) is 0 Å². The van der Waals surface area contributed by atoms with E-state index in [2.05, 4.69) is 5.32 Å². The topological polar surface area (TPSA) is 115 Å². The minimum Gasteiger partial charge on any atom is -0.454 e. The van der Waals surface area contributed by atoms with E-state index in [-0.39, 0.29) is 22.7 Å². The van der Waals surface area contributed by atoms with E-state index >= 15 is 0 Å². The molecule has 0 aliphatic carbocycles. The lowest BCUT2D eigenvalue weighted by molar-refractivity contribution is -0.147. The normalized spacial score (nSPS) is 14.5. The Kier molecular flexibility index (Phi) is 6.45. The maximum atomic E-state index is 12.6. The molecule has 9 nitrogen and oxygen atoms in total. The Morgan fingerprint density at radius 3 is 2.55 bits per heavy atom. The van der Waals surface area contributed by atoms with Crippen LogP contribution in [0.15, 0.2) is 58.4 Å². The van der Waals surface area contributed by atoms with E-state index in [1.807, 2.05) is 0 Å². The lowest BCUT2D eigenvalue weighted by Gasteiger charge is -2.16. The number of nitrogens with one attached hydrogen (secondary N) is 1. The summed E-state index contributed by atoms with van der Waals surface area (Å²) in [5.74, 6) is -1.35. The molecule has 1 saturated heterocycles. The molecule has 1 aliphatic rings. The lowest BCUT2D eigenvalue weighted by Crippen LogP contribution is -2.28. The first-order valence-electron chi connectivity index (χ1n) is 9.07. The van der Waals surface area contributed by atoms with Crippen LogP contribution in [0.4, 0.5) is 5.69 Å². The van der Waals surface area contributed by atoms with Crippen molar-refractivity contribution in [2.45, 2.75) is 24.3 Å². The van der Waals surface area contributed by atoms with Gasteiger partial charge in [0.15, 0.2) is 6.61 Å². The number of sulfonamides is 1. The van der Waals surface area contributed by atoms with Gasteiger partial charge in [-0.3, -0.25) is 14.4 Å². The van der Waals surface area contributed by atoms with E-state index in [0.717, 1.165) is 17.4 Å². The number of amides is 1. The highest BCUT2D eigenvalue weighted by atomic mass is 32.2. The molecule has 0 atom stereocenters. The molecule has 1 aromatic carbocycles. The van der Waals surface area contributed by atoms with Crippen LogP contribution in [0.2, 0.25) is 0 Å². The van der Waals surface area contributed by atoms with Crippen molar-refractivity contribution < 1.29 is 22.7 Å². The summed E-state index contributed by atoms with van der Waals surface area (Å²) in [7, 11) is -3.60. The Balaban J connectivity index is 1.56. The summed E-state index contributed by atoms with van der Waals surface area (Å²) in [5, 5.41) is 2.51. The van der Waals surface area contributed by atoms with E-state index in [1.165, 1.54) is 34.8 Å². The highest BCUT2D eigenvalue weighted by molar-refractivity contribution is 7.89. The Morgan fingerprint density at radius 1 is 1.07 bits per heavy atom. The third kappa shape index (κ3) is 5.30. The van der Waals surface area contributed by atoms with Crippen molar-refractivity contribution in [3.8, 4) is 0 Å². The molecule has 0 saturated carbocycles. The van der Waals surface area contributed by atoms with E-state index in [4.69, 9.17) is 4.74 Å². The minimum atomic E-state index is -3.60. The fraction of sp³-hybridized carbons (Fsp3) is 0.316. The van der Waals surface area contributed by atoms with Gasteiger partial charge >= 0.3 is 5.97 Å². The first-order chi connectivity index (χ1) is 13.9. The Morgan fingerprint density at radius 2 is 1.83 bits per heavy atom. The largest absolute Gasteiger partial charge is 0.454 e. The van der Waals surface area contributed by atoms with Crippen LogP contribution in [-0.4, -0.2) is 48.9 Å². The summed E-state index contributed by atoms with van der Waals surface area (Å²) < 4.78 is 32.7. The summed E-state index contributed by atoms with van der Waals surface area (Å²) in [6.45, 7) is 0.110. The van der Waals surface area contributed by atoms with Crippen molar-refractivity contribution in [2.24, 2.45) is 0 Å². The van der Waals surface area contributed by atoms with Gasteiger partial charge < -0.3 is 14.6 Å². The molecule has 3 rings (SSSR count). The predicted molar refractivity (Wildman–Crippen MR) is 105 cm³/mol. The van der Waals surface area contributed by atoms with Gasteiger partial charge in [0.05, 0.1) is 4.90 Å². The second-order valence-corrected chi connectivity index (χ2v) is 8.45. The third-order valence-electron chi connectivity index (χ3n) is 4.38. The maximum absolute atomic E-state index is 12.6. The number of carbonyl (C=O) groups is 2. The maximum Gasteiger partial charge on any atom is 0.326 e. The van der Waals surface area contributed by atoms with Crippen LogP contribution in [0.1, 0.15) is 12.8 Å². The molecule has 1 N–H and O–H groups in total. The number of ether oxygens (including phenoxy) is 1. The molecule has 1 fully saturated rings. The molecule has 2 aromatic rings. The lowest BCUT2D eigenvalue weighted by atomic mass is 10.3. The van der Waals surface area contributed by atoms with Gasteiger partial charge in [-0.1, -0.05) is 12.1 Å². The number of pyridine rings is 1. The molecule has 1 amide bonds. The van der Waals surface area contributed by atoms with Crippen LogP contribution < -0.4 is 10.9 Å². The molecule has 0 spiro atoms. The highest BCUT2D eigenvalue weighted by Gasteiger charge is 2.27. The molecule has 154 valence electrons. The zero-order valence-corrected chi connectivity index (χ0v) is 16.4. The van der Waals surface area contributed by atoms with Crippen molar-refractivity contribution >= 4 is 27.6 Å². The molecule has 0 unspecified atom stereocenters. The number of carbonyl (C=O) groups excluding carboxylic acids is 2. The fourth-order valence-corrected chi connectivity index (χ4v) is 4.49. The molecule has 10 heteroatoms. The number of hydrogen-bond acceptors (Lipinski definition) is 6. The van der Waals surface area contributed by atoms with E-state index in [9.17, 15) is 22.8 Å². The van der Waals surface area contributed by atoms with Gasteiger partial charge in [0.1, 0.15) is 6.54 Å². The Labute approximate surface area is 168 Å². The first-order valence-corrected chi connectivity index (χ1v) is 10.5. The number of rotatable bonds is 7. The summed E-state index contributed by atoms with van der Waals surface area (Å²) in [5.41, 5.74) is -0.0736. The van der Waals surface area contributed by atoms with Crippen LogP contribution >= 0.6 is 0 Å². The van der Waals surface area contributed by atoms with Crippen molar-refractivity contribution in [1.82, 2.24) is 8.87 Å². The van der Waals surface area contributed by atoms with Gasteiger partial charge in [0.25, 0.3) is 11.5 Å². The van der Waals surface area contributed by atoms with Gasteiger partial charge in [-0.2, -0.15) is 4.31 Å². The Bertz CT molecular complexity index is 1060. The monoisotopic (exact) mass is 419 g/mol. The van der Waals surface area contributed by atoms with Crippen LogP contribution in [0.3, 0.4) is 0 Å². The van der Waals surface area contributed by atoms with E-state index in [0.29, 0.717) is 13.1 Å². The highest BCUT2D eigenvalue weighted by Crippen LogP contribution is 2.23. The number of anilines is 1. The van der Waals surface area contributed by atoms with Crippen molar-refractivity contribution in [3.05, 3.63) is 59.0 Å². The molecule has 0 bridgehead atoms. The second kappa shape index (κ2) is 9.01. The third-order valence-corrected chi connectivity index (χ3v) is 6.28. The van der Waals surface area contributed by atoms with Crippen molar-refractivity contribution in [2.75, 3.05) is 25.0 Å². The number of esters is 1. The predicted octanol–water partition coefficient (Wildman–Crippen LogP) is 0.815. The summed E-state index contributed by atoms with van der Waals surface area (Å²) in [6.07, 6.45) is 3.10. The smallest absolute Gasteiger partial charge is 0.326 e. The average Bonchev–Trinajstić information content (AvgIpc) is 3.24. The van der Waals surface area contributed by atoms with Crippen LogP contribution in [0.5, 0.6) is 0 Å². The van der Waals surface area contributed by atoms with Gasteiger partial charge in [-0.15, -0.1) is 0 Å². The molecule has 2 heterocycles. The summed E-state index contributed by atoms with van der Waals surface area (Å²) in [6, 6.07) is 10.4. The number of benzene rings is 1. The molecule has 0 radical (unpaired) electrons. The van der Waals surface area contributed by atoms with Crippen molar-refractivity contribution in [3.63, 3.8) is 0 Å². The number of nitrogens with zero attached hydrogens (tertiary/aromatic N) is 2. The number of aromatic nitrogens is 1. The average molecular weight is 419 g/mol. The molecular formula is C19H21N3O6S. The zero-order valence-electron chi connectivity index (χ0n) is 15.6. The molecular weight excluding hydrogens is 398 g/mol. The first kappa shape index (κ1) is 20.7. The zero-order chi connectivity index (χ0) is 20.9. The minimum absolute atomic E-state index is 0.0950. The SMILES string of the molecule is O=C(COC(=O)Cn1ccccc1=O)Nc1cccc(S(=O)(=O)N2CCCC2)c1. The molecule has 1 aliphatic heterocycles. The fourth-order valence-electron chi connectivity index (χ4n) is 2.93. The van der Waals surface area contributed by atoms with E-state index in [1.54, 1.807) is 18.2 Å². The van der Waals surface area contributed by atoms with Gasteiger partial charge in [0.2, 0.25) is 10.0 Å². The second-order valence-electron chi connectivity index (χ2n) is 6.51. The van der Waals surface area contributed by atoms with Crippen LogP contribution in [0.25, 0.3) is 0 Å². The van der Waals surface area contributed by atoms with Gasteiger partial charge in [0, 0.05) is 31.0 Å². The van der Waals surface area contributed by atoms with Gasteiger partial charge in [-0.05, 0) is 37.1 Å². The molecule has 1 aromatic heterocycles. The standard InChI is InChI=1S/C19H21N3O6S/c23-17(14-28-19(25)13-21-9-2-1-8-18(21)24)20-15-6-5-7-16(12-15)29(26,27)22-10-3-4-11-22/h1-2,5-9,12H,3-4,10-11,13-14H2,(H,20,23).